The average molecular weight is 317 g/mol. The first kappa shape index (κ1) is 15.7. The molecule has 0 saturated carbocycles. The number of aromatic nitrogens is 2. The van der Waals surface area contributed by atoms with E-state index in [-0.39, 0.29) is 11.9 Å². The lowest BCUT2D eigenvalue weighted by Gasteiger charge is -2.38. The van der Waals surface area contributed by atoms with Crippen LogP contribution in [0.1, 0.15) is 33.1 Å². The van der Waals surface area contributed by atoms with Gasteiger partial charge >= 0.3 is 0 Å². The molecule has 1 aromatic heterocycles. The van der Waals surface area contributed by atoms with Crippen LogP contribution < -0.4 is 4.90 Å². The summed E-state index contributed by atoms with van der Waals surface area (Å²) in [5.41, 5.74) is 0.0808. The van der Waals surface area contributed by atoms with E-state index in [0.717, 1.165) is 19.4 Å². The number of oxime groups is 1. The molecule has 3 rings (SSSR count). The molecule has 7 heteroatoms. The molecule has 3 heterocycles. The van der Waals surface area contributed by atoms with E-state index in [4.69, 9.17) is 4.84 Å². The quantitative estimate of drug-likeness (QED) is 0.844. The molecule has 0 aliphatic carbocycles. The van der Waals surface area contributed by atoms with Crippen molar-refractivity contribution in [3.8, 4) is 0 Å². The van der Waals surface area contributed by atoms with Crippen molar-refractivity contribution in [2.45, 2.75) is 44.8 Å². The number of amides is 1. The van der Waals surface area contributed by atoms with Crippen molar-refractivity contribution in [2.75, 3.05) is 25.0 Å². The van der Waals surface area contributed by atoms with Gasteiger partial charge in [-0.25, -0.2) is 9.97 Å². The Morgan fingerprint density at radius 3 is 2.83 bits per heavy atom. The van der Waals surface area contributed by atoms with Gasteiger partial charge in [0.1, 0.15) is 5.71 Å². The minimum absolute atomic E-state index is 0.0510. The lowest BCUT2D eigenvalue weighted by atomic mass is 9.88. The van der Waals surface area contributed by atoms with E-state index in [1.165, 1.54) is 0 Å². The summed E-state index contributed by atoms with van der Waals surface area (Å²) >= 11 is 0. The van der Waals surface area contributed by atoms with Crippen LogP contribution in [-0.2, 0) is 9.63 Å². The van der Waals surface area contributed by atoms with Crippen LogP contribution in [0.4, 0.5) is 5.95 Å². The highest BCUT2D eigenvalue weighted by Crippen LogP contribution is 2.34. The first-order chi connectivity index (χ1) is 11.0. The van der Waals surface area contributed by atoms with E-state index in [2.05, 4.69) is 20.0 Å². The van der Waals surface area contributed by atoms with Crippen LogP contribution in [0.5, 0.6) is 0 Å². The highest BCUT2D eigenvalue weighted by Gasteiger charge is 2.45. The van der Waals surface area contributed by atoms with Gasteiger partial charge in [-0.05, 0) is 32.8 Å². The Morgan fingerprint density at radius 2 is 2.13 bits per heavy atom. The molecule has 1 aromatic rings. The maximum Gasteiger partial charge on any atom is 0.271 e. The molecule has 2 aliphatic heterocycles. The van der Waals surface area contributed by atoms with Gasteiger partial charge in [-0.15, -0.1) is 0 Å². The molecule has 0 radical (unpaired) electrons. The Labute approximate surface area is 136 Å². The predicted octanol–water partition coefficient (Wildman–Crippen LogP) is 1.46. The molecule has 0 unspecified atom stereocenters. The predicted molar refractivity (Wildman–Crippen MR) is 87.3 cm³/mol. The number of anilines is 1. The summed E-state index contributed by atoms with van der Waals surface area (Å²) in [6.45, 7) is 5.52. The molecule has 1 saturated heterocycles. The van der Waals surface area contributed by atoms with Gasteiger partial charge in [-0.3, -0.25) is 4.79 Å². The van der Waals surface area contributed by atoms with Gasteiger partial charge in [0, 0.05) is 38.4 Å². The second kappa shape index (κ2) is 6.14. The Balaban J connectivity index is 1.69. The molecule has 1 spiro atoms. The Kier molecular flexibility index (Phi) is 4.19. The van der Waals surface area contributed by atoms with Crippen LogP contribution in [0.15, 0.2) is 23.6 Å². The lowest BCUT2D eigenvalue weighted by molar-refractivity contribution is -0.124. The van der Waals surface area contributed by atoms with Crippen molar-refractivity contribution in [1.29, 1.82) is 0 Å². The minimum Gasteiger partial charge on any atom is -0.386 e. The van der Waals surface area contributed by atoms with E-state index in [1.807, 2.05) is 13.8 Å². The lowest BCUT2D eigenvalue weighted by Crippen LogP contribution is -2.49. The van der Waals surface area contributed by atoms with Crippen molar-refractivity contribution in [3.05, 3.63) is 18.5 Å². The zero-order valence-corrected chi connectivity index (χ0v) is 13.9. The largest absolute Gasteiger partial charge is 0.386 e. The van der Waals surface area contributed by atoms with Crippen LogP contribution >= 0.6 is 0 Å². The summed E-state index contributed by atoms with van der Waals surface area (Å²) in [4.78, 5) is 30.6. The third kappa shape index (κ3) is 3.13. The van der Waals surface area contributed by atoms with Crippen LogP contribution in [0.25, 0.3) is 0 Å². The van der Waals surface area contributed by atoms with Crippen LogP contribution in [0.2, 0.25) is 0 Å². The maximum atomic E-state index is 12.4. The number of carbonyl (C=O) groups excluding carboxylic acids is 1. The summed E-state index contributed by atoms with van der Waals surface area (Å²) in [7, 11) is 1.80. The molecule has 1 amide bonds. The summed E-state index contributed by atoms with van der Waals surface area (Å²) < 4.78 is 0. The number of nitrogens with zero attached hydrogens (tertiary/aromatic N) is 5. The van der Waals surface area contributed by atoms with E-state index < -0.39 is 5.60 Å². The zero-order chi connectivity index (χ0) is 16.4. The molecule has 1 fully saturated rings. The topological polar surface area (TPSA) is 70.9 Å². The van der Waals surface area contributed by atoms with Gasteiger partial charge in [-0.2, -0.15) is 0 Å². The zero-order valence-electron chi connectivity index (χ0n) is 13.9. The molecule has 0 aromatic carbocycles. The average Bonchev–Trinajstić information content (AvgIpc) is 2.97. The number of rotatable bonds is 3. The van der Waals surface area contributed by atoms with Crippen molar-refractivity contribution in [2.24, 2.45) is 5.16 Å². The summed E-state index contributed by atoms with van der Waals surface area (Å²) in [6.07, 6.45) is 5.88. The van der Waals surface area contributed by atoms with E-state index in [1.54, 1.807) is 30.4 Å². The van der Waals surface area contributed by atoms with Crippen LogP contribution in [0.3, 0.4) is 0 Å². The minimum atomic E-state index is -0.430. The molecule has 0 N–H and O–H groups in total. The highest BCUT2D eigenvalue weighted by atomic mass is 16.7. The van der Waals surface area contributed by atoms with E-state index in [0.29, 0.717) is 24.6 Å². The van der Waals surface area contributed by atoms with E-state index in [9.17, 15) is 4.79 Å². The molecule has 7 nitrogen and oxygen atoms in total. The summed E-state index contributed by atoms with van der Waals surface area (Å²) in [5.74, 6) is 0.652. The third-order valence-electron chi connectivity index (χ3n) is 4.56. The molecular formula is C16H23N5O2. The number of hydrogen-bond acceptors (Lipinski definition) is 6. The van der Waals surface area contributed by atoms with Crippen LogP contribution in [-0.4, -0.2) is 58.3 Å². The molecule has 2 aliphatic rings. The second-order valence-electron chi connectivity index (χ2n) is 6.57. The van der Waals surface area contributed by atoms with Crippen LogP contribution in [0, 0.1) is 0 Å². The van der Waals surface area contributed by atoms with Gasteiger partial charge in [0.25, 0.3) is 5.91 Å². The number of piperidine rings is 1. The van der Waals surface area contributed by atoms with Crippen molar-refractivity contribution < 1.29 is 9.63 Å². The second-order valence-corrected chi connectivity index (χ2v) is 6.57. The third-order valence-corrected chi connectivity index (χ3v) is 4.56. The van der Waals surface area contributed by atoms with Crippen molar-refractivity contribution in [1.82, 2.24) is 14.9 Å². The Bertz CT molecular complexity index is 604. The Morgan fingerprint density at radius 1 is 1.39 bits per heavy atom. The monoisotopic (exact) mass is 317 g/mol. The van der Waals surface area contributed by atoms with Crippen molar-refractivity contribution >= 4 is 17.6 Å². The standard InChI is InChI=1S/C16H23N5O2/c1-12(2)20(3)14(22)13-10-16(23-19-13)6-4-9-21(11-16)15-17-7-5-8-18-15/h5,7-8,12H,4,6,9-11H2,1-3H3/t16-/m1/s1. The SMILES string of the molecule is CC(C)N(C)C(=O)C1=NO[C@]2(CCCN(c3ncccn3)C2)C1. The normalized spacial score (nSPS) is 23.8. The molecule has 23 heavy (non-hydrogen) atoms. The molecule has 1 atom stereocenters. The number of hydrogen-bond donors (Lipinski definition) is 0. The molecular weight excluding hydrogens is 294 g/mol. The fourth-order valence-corrected chi connectivity index (χ4v) is 3.02. The maximum absolute atomic E-state index is 12.4. The van der Waals surface area contributed by atoms with Gasteiger partial charge in [-0.1, -0.05) is 5.16 Å². The molecule has 124 valence electrons. The summed E-state index contributed by atoms with van der Waals surface area (Å²) in [6, 6.07) is 1.94. The van der Waals surface area contributed by atoms with E-state index >= 15 is 0 Å². The fraction of sp³-hybridized carbons (Fsp3) is 0.625. The van der Waals surface area contributed by atoms with Gasteiger partial charge in [0.2, 0.25) is 5.95 Å². The fourth-order valence-electron chi connectivity index (χ4n) is 3.02. The van der Waals surface area contributed by atoms with Crippen molar-refractivity contribution in [3.63, 3.8) is 0 Å². The summed E-state index contributed by atoms with van der Waals surface area (Å²) in [5, 5.41) is 4.10. The first-order valence-electron chi connectivity index (χ1n) is 8.05. The molecule has 0 bridgehead atoms. The Hall–Kier alpha value is -2.18. The smallest absolute Gasteiger partial charge is 0.271 e. The van der Waals surface area contributed by atoms with Gasteiger partial charge in [0.05, 0.1) is 6.54 Å². The van der Waals surface area contributed by atoms with Gasteiger partial charge in [0.15, 0.2) is 5.60 Å². The first-order valence-corrected chi connectivity index (χ1v) is 8.05. The van der Waals surface area contributed by atoms with Gasteiger partial charge < -0.3 is 14.6 Å². The number of carbonyl (C=O) groups is 1. The highest BCUT2D eigenvalue weighted by molar-refractivity contribution is 6.39.